The lowest BCUT2D eigenvalue weighted by Gasteiger charge is -2.09. The van der Waals surface area contributed by atoms with Gasteiger partial charge in [-0.1, -0.05) is 19.0 Å². The Bertz CT molecular complexity index is 421. The number of carbonyl (C=O) groups excluding carboxylic acids is 1. The molecule has 20 heavy (non-hydrogen) atoms. The van der Waals surface area contributed by atoms with Gasteiger partial charge in [0.1, 0.15) is 0 Å². The Labute approximate surface area is 120 Å². The van der Waals surface area contributed by atoms with Gasteiger partial charge in [0, 0.05) is 24.4 Å². The molecule has 1 unspecified atom stereocenters. The Morgan fingerprint density at radius 2 is 2.35 bits per heavy atom. The molecule has 5 heteroatoms. The van der Waals surface area contributed by atoms with Gasteiger partial charge in [0.05, 0.1) is 12.2 Å². The summed E-state index contributed by atoms with van der Waals surface area (Å²) in [5.74, 6) is 1.26. The van der Waals surface area contributed by atoms with Crippen molar-refractivity contribution in [2.24, 2.45) is 0 Å². The van der Waals surface area contributed by atoms with E-state index in [-0.39, 0.29) is 5.91 Å². The molecule has 0 bridgehead atoms. The van der Waals surface area contributed by atoms with Crippen molar-refractivity contribution in [1.82, 2.24) is 15.8 Å². The number of hydrogen-bond donors (Lipinski definition) is 2. The van der Waals surface area contributed by atoms with Crippen LogP contribution in [-0.4, -0.2) is 23.7 Å². The Kier molecular flexibility index (Phi) is 5.59. The molecule has 0 aromatic carbocycles. The first-order chi connectivity index (χ1) is 9.72. The molecule has 1 aliphatic heterocycles. The molecule has 0 spiro atoms. The van der Waals surface area contributed by atoms with E-state index in [1.807, 2.05) is 6.07 Å². The van der Waals surface area contributed by atoms with E-state index in [1.54, 1.807) is 0 Å². The molecule has 2 rings (SSSR count). The van der Waals surface area contributed by atoms with Gasteiger partial charge in [-0.3, -0.25) is 4.79 Å². The molecule has 0 radical (unpaired) electrons. The maximum atomic E-state index is 11.8. The second-order valence-corrected chi connectivity index (χ2v) is 5.51. The van der Waals surface area contributed by atoms with Crippen LogP contribution < -0.4 is 10.6 Å². The van der Waals surface area contributed by atoms with E-state index in [2.05, 4.69) is 29.6 Å². The second-order valence-electron chi connectivity index (χ2n) is 5.51. The first-order valence-corrected chi connectivity index (χ1v) is 7.68. The van der Waals surface area contributed by atoms with Crippen LogP contribution in [0.15, 0.2) is 10.6 Å². The molecular formula is C15H25N3O2. The van der Waals surface area contributed by atoms with Crippen LogP contribution in [0.25, 0.3) is 0 Å². The number of nitrogens with zero attached hydrogens (tertiary/aromatic N) is 1. The van der Waals surface area contributed by atoms with Crippen molar-refractivity contribution in [3.05, 3.63) is 17.5 Å². The van der Waals surface area contributed by atoms with Gasteiger partial charge in [-0.05, 0) is 32.2 Å². The van der Waals surface area contributed by atoms with Gasteiger partial charge in [-0.2, -0.15) is 0 Å². The third kappa shape index (κ3) is 4.07. The molecule has 112 valence electrons. The van der Waals surface area contributed by atoms with Crippen LogP contribution in [0.1, 0.15) is 63.3 Å². The summed E-state index contributed by atoms with van der Waals surface area (Å²) in [7, 11) is 0. The summed E-state index contributed by atoms with van der Waals surface area (Å²) in [4.78, 5) is 11.8. The summed E-state index contributed by atoms with van der Waals surface area (Å²) in [6, 6.07) is 2.30. The maximum absolute atomic E-state index is 11.8. The molecule has 2 N–H and O–H groups in total. The molecule has 1 aliphatic rings. The van der Waals surface area contributed by atoms with Gasteiger partial charge in [-0.15, -0.1) is 0 Å². The van der Waals surface area contributed by atoms with Crippen molar-refractivity contribution in [2.75, 3.05) is 6.54 Å². The monoisotopic (exact) mass is 279 g/mol. The topological polar surface area (TPSA) is 67.2 Å². The zero-order chi connectivity index (χ0) is 14.4. The second kappa shape index (κ2) is 7.43. The SMILES string of the molecule is CCC(CC)c1cc(CNC(=O)CC2CCCN2)on1. The van der Waals surface area contributed by atoms with Gasteiger partial charge >= 0.3 is 0 Å². The number of carbonyl (C=O) groups is 1. The molecule has 0 aliphatic carbocycles. The lowest BCUT2D eigenvalue weighted by molar-refractivity contribution is -0.121. The van der Waals surface area contributed by atoms with E-state index in [0.29, 0.717) is 24.9 Å². The minimum atomic E-state index is 0.0740. The average molecular weight is 279 g/mol. The van der Waals surface area contributed by atoms with Crippen molar-refractivity contribution in [3.8, 4) is 0 Å². The van der Waals surface area contributed by atoms with Crippen LogP contribution in [-0.2, 0) is 11.3 Å². The van der Waals surface area contributed by atoms with Crippen LogP contribution in [0.5, 0.6) is 0 Å². The Hall–Kier alpha value is -1.36. The fourth-order valence-electron chi connectivity index (χ4n) is 2.72. The van der Waals surface area contributed by atoms with Gasteiger partial charge in [-0.25, -0.2) is 0 Å². The Balaban J connectivity index is 1.77. The van der Waals surface area contributed by atoms with Crippen LogP contribution in [0, 0.1) is 0 Å². The number of amides is 1. The van der Waals surface area contributed by atoms with E-state index >= 15 is 0 Å². The van der Waals surface area contributed by atoms with Crippen LogP contribution in [0.4, 0.5) is 0 Å². The quantitative estimate of drug-likeness (QED) is 0.804. The molecule has 1 saturated heterocycles. The highest BCUT2D eigenvalue weighted by molar-refractivity contribution is 5.76. The predicted octanol–water partition coefficient (Wildman–Crippen LogP) is 2.34. The molecular weight excluding hydrogens is 254 g/mol. The summed E-state index contributed by atoms with van der Waals surface area (Å²) in [5.41, 5.74) is 0.997. The minimum absolute atomic E-state index is 0.0740. The Morgan fingerprint density at radius 1 is 1.55 bits per heavy atom. The van der Waals surface area contributed by atoms with E-state index in [0.717, 1.165) is 37.3 Å². The molecule has 0 saturated carbocycles. The third-order valence-corrected chi connectivity index (χ3v) is 4.04. The number of nitrogens with one attached hydrogen (secondary N) is 2. The van der Waals surface area contributed by atoms with Gasteiger partial charge in [0.2, 0.25) is 5.91 Å². The zero-order valence-electron chi connectivity index (χ0n) is 12.4. The Morgan fingerprint density at radius 3 is 3.00 bits per heavy atom. The van der Waals surface area contributed by atoms with Crippen LogP contribution in [0.3, 0.4) is 0 Å². The largest absolute Gasteiger partial charge is 0.359 e. The summed E-state index contributed by atoms with van der Waals surface area (Å²) in [5, 5.41) is 10.3. The predicted molar refractivity (Wildman–Crippen MR) is 77.3 cm³/mol. The normalized spacial score (nSPS) is 18.6. The molecule has 1 aromatic rings. The first-order valence-electron chi connectivity index (χ1n) is 7.68. The fraction of sp³-hybridized carbons (Fsp3) is 0.733. The van der Waals surface area contributed by atoms with Gasteiger partial charge < -0.3 is 15.2 Å². The standard InChI is InChI=1S/C15H25N3O2/c1-3-11(4-2)14-9-13(20-18-14)10-17-15(19)8-12-6-5-7-16-12/h9,11-12,16H,3-8,10H2,1-2H3,(H,17,19). The number of rotatable bonds is 7. The van der Waals surface area contributed by atoms with Crippen molar-refractivity contribution in [2.45, 2.75) is 64.5 Å². The number of aromatic nitrogens is 1. The molecule has 1 aromatic heterocycles. The highest BCUT2D eigenvalue weighted by Crippen LogP contribution is 2.22. The molecule has 5 nitrogen and oxygen atoms in total. The lowest BCUT2D eigenvalue weighted by Crippen LogP contribution is -2.31. The molecule has 1 amide bonds. The molecule has 1 atom stereocenters. The summed E-state index contributed by atoms with van der Waals surface area (Å²) in [6.45, 7) is 5.76. The highest BCUT2D eigenvalue weighted by Gasteiger charge is 2.18. The zero-order valence-corrected chi connectivity index (χ0v) is 12.4. The van der Waals surface area contributed by atoms with E-state index in [1.165, 1.54) is 6.42 Å². The van der Waals surface area contributed by atoms with E-state index in [9.17, 15) is 4.79 Å². The van der Waals surface area contributed by atoms with Crippen LogP contribution >= 0.6 is 0 Å². The van der Waals surface area contributed by atoms with Crippen molar-refractivity contribution < 1.29 is 9.32 Å². The minimum Gasteiger partial charge on any atom is -0.359 e. The summed E-state index contributed by atoms with van der Waals surface area (Å²) < 4.78 is 5.29. The average Bonchev–Trinajstić information content (AvgIpc) is 3.10. The maximum Gasteiger partial charge on any atom is 0.221 e. The smallest absolute Gasteiger partial charge is 0.221 e. The van der Waals surface area contributed by atoms with E-state index < -0.39 is 0 Å². The van der Waals surface area contributed by atoms with Gasteiger partial charge in [0.15, 0.2) is 5.76 Å². The lowest BCUT2D eigenvalue weighted by atomic mass is 9.99. The highest BCUT2D eigenvalue weighted by atomic mass is 16.5. The molecule has 2 heterocycles. The summed E-state index contributed by atoms with van der Waals surface area (Å²) in [6.07, 6.45) is 4.92. The van der Waals surface area contributed by atoms with Gasteiger partial charge in [0.25, 0.3) is 0 Å². The number of hydrogen-bond acceptors (Lipinski definition) is 4. The first kappa shape index (κ1) is 15.0. The van der Waals surface area contributed by atoms with Crippen molar-refractivity contribution in [3.63, 3.8) is 0 Å². The molecule has 1 fully saturated rings. The van der Waals surface area contributed by atoms with E-state index in [4.69, 9.17) is 4.52 Å². The van der Waals surface area contributed by atoms with Crippen molar-refractivity contribution in [1.29, 1.82) is 0 Å². The summed E-state index contributed by atoms with van der Waals surface area (Å²) >= 11 is 0. The van der Waals surface area contributed by atoms with Crippen molar-refractivity contribution >= 4 is 5.91 Å². The third-order valence-electron chi connectivity index (χ3n) is 4.04. The fourth-order valence-corrected chi connectivity index (χ4v) is 2.72. The van der Waals surface area contributed by atoms with Crippen LogP contribution in [0.2, 0.25) is 0 Å².